The Balaban J connectivity index is 1.87. The lowest BCUT2D eigenvalue weighted by Gasteiger charge is -2.27. The number of carbonyl (C=O) groups excluding carboxylic acids is 3. The zero-order chi connectivity index (χ0) is 25.3. The van der Waals surface area contributed by atoms with Gasteiger partial charge >= 0.3 is 12.2 Å². The average Bonchev–Trinajstić information content (AvgIpc) is 2.81. The van der Waals surface area contributed by atoms with Crippen LogP contribution in [0.25, 0.3) is 16.8 Å². The molecule has 0 radical (unpaired) electrons. The SMILES string of the molecule is C#CCOc1ccc2ccccc2c1/C=C1/C(=O)NC(=O)N(c2cc(C(F)(F)F)ccc2Cl)C1=O. The summed E-state index contributed by atoms with van der Waals surface area (Å²) >= 11 is 6.03. The van der Waals surface area contributed by atoms with Crippen molar-refractivity contribution in [2.24, 2.45) is 0 Å². The summed E-state index contributed by atoms with van der Waals surface area (Å²) in [6.45, 7) is -0.0981. The first-order chi connectivity index (χ1) is 16.6. The number of anilines is 1. The minimum atomic E-state index is -4.75. The lowest BCUT2D eigenvalue weighted by molar-refractivity contribution is -0.137. The van der Waals surface area contributed by atoms with E-state index in [-0.39, 0.29) is 17.4 Å². The number of halogens is 4. The van der Waals surface area contributed by atoms with Crippen molar-refractivity contribution in [2.45, 2.75) is 6.18 Å². The molecule has 0 atom stereocenters. The number of benzene rings is 3. The molecule has 4 rings (SSSR count). The maximum atomic E-state index is 13.3. The van der Waals surface area contributed by atoms with E-state index in [0.29, 0.717) is 28.0 Å². The second-order valence-corrected chi connectivity index (χ2v) is 7.72. The Kier molecular flexibility index (Phi) is 6.24. The molecule has 0 spiro atoms. The molecule has 0 aromatic heterocycles. The van der Waals surface area contributed by atoms with E-state index < -0.39 is 40.8 Å². The van der Waals surface area contributed by atoms with Crippen LogP contribution < -0.4 is 15.0 Å². The van der Waals surface area contributed by atoms with Crippen LogP contribution >= 0.6 is 11.6 Å². The van der Waals surface area contributed by atoms with Crippen LogP contribution in [0, 0.1) is 12.3 Å². The van der Waals surface area contributed by atoms with Gasteiger partial charge in [-0.15, -0.1) is 6.42 Å². The summed E-state index contributed by atoms with van der Waals surface area (Å²) < 4.78 is 45.3. The third-order valence-corrected chi connectivity index (χ3v) is 5.47. The molecule has 6 nitrogen and oxygen atoms in total. The second-order valence-electron chi connectivity index (χ2n) is 7.31. The molecule has 1 N–H and O–H groups in total. The molecule has 1 saturated heterocycles. The molecule has 3 aromatic rings. The Morgan fingerprint density at radius 3 is 2.54 bits per heavy atom. The Bertz CT molecular complexity index is 1460. The summed E-state index contributed by atoms with van der Waals surface area (Å²) in [5.41, 5.74) is -1.84. The van der Waals surface area contributed by atoms with Crippen LogP contribution in [-0.2, 0) is 15.8 Å². The van der Waals surface area contributed by atoms with Crippen molar-refractivity contribution < 1.29 is 32.3 Å². The van der Waals surface area contributed by atoms with Crippen LogP contribution in [-0.4, -0.2) is 24.5 Å². The third-order valence-electron chi connectivity index (χ3n) is 5.15. The molecule has 4 amide bonds. The van der Waals surface area contributed by atoms with Crippen LogP contribution in [0.3, 0.4) is 0 Å². The molecule has 0 aliphatic carbocycles. The van der Waals surface area contributed by atoms with Gasteiger partial charge in [0.1, 0.15) is 17.9 Å². The number of barbiturate groups is 1. The smallest absolute Gasteiger partial charge is 0.416 e. The molecule has 0 bridgehead atoms. The van der Waals surface area contributed by atoms with Crippen LogP contribution in [0.1, 0.15) is 11.1 Å². The third kappa shape index (κ3) is 4.56. The molecule has 0 unspecified atom stereocenters. The Morgan fingerprint density at radius 1 is 1.09 bits per heavy atom. The van der Waals surface area contributed by atoms with Gasteiger partial charge in [-0.2, -0.15) is 13.2 Å². The number of alkyl halides is 3. The van der Waals surface area contributed by atoms with Crippen LogP contribution in [0.4, 0.5) is 23.7 Å². The predicted molar refractivity (Wildman–Crippen MR) is 124 cm³/mol. The van der Waals surface area contributed by atoms with Crippen molar-refractivity contribution in [1.29, 1.82) is 0 Å². The highest BCUT2D eigenvalue weighted by atomic mass is 35.5. The van der Waals surface area contributed by atoms with Gasteiger partial charge in [-0.3, -0.25) is 14.9 Å². The number of terminal acetylenes is 1. The fourth-order valence-corrected chi connectivity index (χ4v) is 3.75. The van der Waals surface area contributed by atoms with Gasteiger partial charge in [0.05, 0.1) is 16.3 Å². The number of fused-ring (bicyclic) bond motifs is 1. The van der Waals surface area contributed by atoms with Gasteiger partial charge in [-0.1, -0.05) is 47.9 Å². The minimum Gasteiger partial charge on any atom is -0.480 e. The Labute approximate surface area is 201 Å². The number of rotatable bonds is 4. The van der Waals surface area contributed by atoms with Crippen molar-refractivity contribution in [3.8, 4) is 18.1 Å². The molecule has 1 fully saturated rings. The molecule has 1 aliphatic rings. The molecule has 176 valence electrons. The highest BCUT2D eigenvalue weighted by molar-refractivity contribution is 6.42. The molecular formula is C25H14ClF3N2O4. The number of hydrogen-bond donors (Lipinski definition) is 1. The van der Waals surface area contributed by atoms with E-state index in [1.165, 1.54) is 6.08 Å². The summed E-state index contributed by atoms with van der Waals surface area (Å²) in [6.07, 6.45) is 1.72. The van der Waals surface area contributed by atoms with Gasteiger partial charge in [-0.25, -0.2) is 9.69 Å². The quantitative estimate of drug-likeness (QED) is 0.305. The first-order valence-corrected chi connectivity index (χ1v) is 10.4. The zero-order valence-electron chi connectivity index (χ0n) is 17.7. The van der Waals surface area contributed by atoms with E-state index in [2.05, 4.69) is 5.92 Å². The number of nitrogens with zero attached hydrogens (tertiary/aromatic N) is 1. The lowest BCUT2D eigenvalue weighted by atomic mass is 9.99. The predicted octanol–water partition coefficient (Wildman–Crippen LogP) is 5.19. The fraction of sp³-hybridized carbons (Fsp3) is 0.0800. The molecular weight excluding hydrogens is 485 g/mol. The number of amides is 4. The molecule has 3 aromatic carbocycles. The maximum absolute atomic E-state index is 13.3. The second kappa shape index (κ2) is 9.16. The van der Waals surface area contributed by atoms with Crippen molar-refractivity contribution >= 4 is 52.0 Å². The van der Waals surface area contributed by atoms with Crippen molar-refractivity contribution in [3.05, 3.63) is 76.3 Å². The summed E-state index contributed by atoms with van der Waals surface area (Å²) in [4.78, 5) is 38.8. The van der Waals surface area contributed by atoms with Gasteiger partial charge in [0.2, 0.25) is 0 Å². The Hall–Kier alpha value is -4.29. The Morgan fingerprint density at radius 2 is 1.83 bits per heavy atom. The van der Waals surface area contributed by atoms with E-state index in [9.17, 15) is 27.6 Å². The first-order valence-electron chi connectivity index (χ1n) is 9.98. The van der Waals surface area contributed by atoms with Gasteiger partial charge in [-0.05, 0) is 41.1 Å². The van der Waals surface area contributed by atoms with E-state index in [0.717, 1.165) is 11.5 Å². The molecule has 1 aliphatic heterocycles. The van der Waals surface area contributed by atoms with Crippen LogP contribution in [0.2, 0.25) is 5.02 Å². The van der Waals surface area contributed by atoms with E-state index in [1.54, 1.807) is 36.4 Å². The highest BCUT2D eigenvalue weighted by Crippen LogP contribution is 2.37. The fourth-order valence-electron chi connectivity index (χ4n) is 3.55. The van der Waals surface area contributed by atoms with E-state index in [1.807, 2.05) is 5.32 Å². The number of nitrogens with one attached hydrogen (secondary N) is 1. The van der Waals surface area contributed by atoms with Gasteiger partial charge < -0.3 is 4.74 Å². The van der Waals surface area contributed by atoms with E-state index >= 15 is 0 Å². The summed E-state index contributed by atoms with van der Waals surface area (Å²) in [5, 5.41) is 3.04. The molecule has 35 heavy (non-hydrogen) atoms. The van der Waals surface area contributed by atoms with Crippen molar-refractivity contribution in [3.63, 3.8) is 0 Å². The normalized spacial score (nSPS) is 15.3. The molecule has 1 heterocycles. The van der Waals surface area contributed by atoms with E-state index in [4.69, 9.17) is 22.8 Å². The first kappa shape index (κ1) is 23.9. The minimum absolute atomic E-state index is 0.0981. The number of urea groups is 1. The maximum Gasteiger partial charge on any atom is 0.416 e. The van der Waals surface area contributed by atoms with Gasteiger partial charge in [0, 0.05) is 5.56 Å². The lowest BCUT2D eigenvalue weighted by Crippen LogP contribution is -2.54. The molecule has 10 heteroatoms. The van der Waals surface area contributed by atoms with Crippen LogP contribution in [0.15, 0.2) is 60.2 Å². The van der Waals surface area contributed by atoms with Crippen LogP contribution in [0.5, 0.6) is 5.75 Å². The molecule has 0 saturated carbocycles. The summed E-state index contributed by atoms with van der Waals surface area (Å²) in [6, 6.07) is 11.3. The summed E-state index contributed by atoms with van der Waals surface area (Å²) in [5.74, 6) is 0.393. The van der Waals surface area contributed by atoms with Gasteiger partial charge in [0.15, 0.2) is 0 Å². The average molecular weight is 499 g/mol. The zero-order valence-corrected chi connectivity index (χ0v) is 18.4. The van der Waals surface area contributed by atoms with Crippen molar-refractivity contribution in [2.75, 3.05) is 11.5 Å². The summed E-state index contributed by atoms with van der Waals surface area (Å²) in [7, 11) is 0. The number of carbonyl (C=O) groups is 3. The van der Waals surface area contributed by atoms with Gasteiger partial charge in [0.25, 0.3) is 11.8 Å². The monoisotopic (exact) mass is 498 g/mol. The van der Waals surface area contributed by atoms with Crippen molar-refractivity contribution in [1.82, 2.24) is 5.32 Å². The topological polar surface area (TPSA) is 75.7 Å². The number of hydrogen-bond acceptors (Lipinski definition) is 4. The number of imide groups is 2. The standard InChI is InChI=1S/C25H14ClF3N2O4/c1-2-11-35-21-10-7-14-5-3-4-6-16(14)17(21)13-18-22(32)30-24(34)31(23(18)33)20-12-15(25(27,28)29)8-9-19(20)26/h1,3-10,12-13H,11H2,(H,30,32,34)/b18-13-. The largest absolute Gasteiger partial charge is 0.480 e. The highest BCUT2D eigenvalue weighted by Gasteiger charge is 2.39. The number of ether oxygens (including phenoxy) is 1.